The van der Waals surface area contributed by atoms with Crippen molar-refractivity contribution in [1.29, 1.82) is 0 Å². The highest BCUT2D eigenvalue weighted by atomic mass is 16.3. The van der Waals surface area contributed by atoms with Gasteiger partial charge in [-0.1, -0.05) is 43.5 Å². The molecule has 2 saturated carbocycles. The molecule has 3 N–H and O–H groups in total. The van der Waals surface area contributed by atoms with Gasteiger partial charge in [-0.15, -0.1) is 0 Å². The SMILES string of the molecule is NCC1(c2ccc(C3(O)CC3)cc2)CCCCC1. The number of hydrogen-bond donors (Lipinski definition) is 2. The molecule has 2 aliphatic rings. The van der Waals surface area contributed by atoms with Gasteiger partial charge >= 0.3 is 0 Å². The van der Waals surface area contributed by atoms with E-state index < -0.39 is 5.60 Å². The van der Waals surface area contributed by atoms with Crippen LogP contribution in [0.25, 0.3) is 0 Å². The van der Waals surface area contributed by atoms with E-state index in [1.54, 1.807) is 0 Å². The lowest BCUT2D eigenvalue weighted by Gasteiger charge is -2.37. The molecule has 0 saturated heterocycles. The van der Waals surface area contributed by atoms with Gasteiger partial charge in [0.15, 0.2) is 0 Å². The Labute approximate surface area is 109 Å². The van der Waals surface area contributed by atoms with Crippen molar-refractivity contribution in [2.24, 2.45) is 5.73 Å². The first kappa shape index (κ1) is 12.2. The van der Waals surface area contributed by atoms with Crippen molar-refractivity contribution in [2.45, 2.75) is 56.0 Å². The zero-order chi connectivity index (χ0) is 12.6. The van der Waals surface area contributed by atoms with Crippen LogP contribution in [0.4, 0.5) is 0 Å². The summed E-state index contributed by atoms with van der Waals surface area (Å²) in [6, 6.07) is 8.61. The van der Waals surface area contributed by atoms with Gasteiger partial charge in [0, 0.05) is 12.0 Å². The predicted octanol–water partition coefficient (Wildman–Crippen LogP) is 2.83. The summed E-state index contributed by atoms with van der Waals surface area (Å²) in [7, 11) is 0. The third-order valence-corrected chi connectivity index (χ3v) is 4.96. The first-order valence-electron chi connectivity index (χ1n) is 7.22. The zero-order valence-corrected chi connectivity index (χ0v) is 11.0. The Morgan fingerprint density at radius 3 is 1.94 bits per heavy atom. The highest BCUT2D eigenvalue weighted by Crippen LogP contribution is 2.46. The Kier molecular flexibility index (Phi) is 2.95. The van der Waals surface area contributed by atoms with E-state index in [1.807, 2.05) is 0 Å². The van der Waals surface area contributed by atoms with Gasteiger partial charge in [0.05, 0.1) is 5.60 Å². The number of benzene rings is 1. The molecule has 0 aliphatic heterocycles. The lowest BCUT2D eigenvalue weighted by molar-refractivity contribution is 0.151. The molecule has 98 valence electrons. The molecule has 0 amide bonds. The smallest absolute Gasteiger partial charge is 0.0899 e. The monoisotopic (exact) mass is 245 g/mol. The average Bonchev–Trinajstić information content (AvgIpc) is 3.19. The van der Waals surface area contributed by atoms with Gasteiger partial charge in [-0.3, -0.25) is 0 Å². The maximum atomic E-state index is 10.1. The van der Waals surface area contributed by atoms with E-state index in [2.05, 4.69) is 24.3 Å². The minimum Gasteiger partial charge on any atom is -0.385 e. The van der Waals surface area contributed by atoms with Gasteiger partial charge < -0.3 is 10.8 Å². The van der Waals surface area contributed by atoms with Crippen LogP contribution in [-0.4, -0.2) is 11.7 Å². The van der Waals surface area contributed by atoms with Crippen molar-refractivity contribution >= 4 is 0 Å². The zero-order valence-electron chi connectivity index (χ0n) is 11.0. The van der Waals surface area contributed by atoms with Crippen LogP contribution >= 0.6 is 0 Å². The Balaban J connectivity index is 1.86. The largest absolute Gasteiger partial charge is 0.385 e. The maximum absolute atomic E-state index is 10.1. The first-order chi connectivity index (χ1) is 8.69. The molecule has 0 spiro atoms. The Hall–Kier alpha value is -0.860. The molecule has 0 heterocycles. The molecule has 2 heteroatoms. The molecule has 0 unspecified atom stereocenters. The van der Waals surface area contributed by atoms with E-state index in [0.717, 1.165) is 24.9 Å². The molecule has 0 radical (unpaired) electrons. The molecule has 0 bridgehead atoms. The van der Waals surface area contributed by atoms with Gasteiger partial charge in [0.2, 0.25) is 0 Å². The van der Waals surface area contributed by atoms with Crippen LogP contribution in [0.3, 0.4) is 0 Å². The molecule has 3 rings (SSSR count). The van der Waals surface area contributed by atoms with Gasteiger partial charge in [0.25, 0.3) is 0 Å². The Morgan fingerprint density at radius 2 is 1.44 bits per heavy atom. The van der Waals surface area contributed by atoms with Crippen LogP contribution in [0.1, 0.15) is 56.1 Å². The fourth-order valence-corrected chi connectivity index (χ4v) is 3.38. The highest BCUT2D eigenvalue weighted by Gasteiger charge is 2.42. The molecular formula is C16H23NO. The normalized spacial score (nSPS) is 24.8. The molecule has 2 fully saturated rings. The topological polar surface area (TPSA) is 46.2 Å². The van der Waals surface area contributed by atoms with Crippen molar-refractivity contribution in [2.75, 3.05) is 6.54 Å². The molecule has 1 aromatic rings. The van der Waals surface area contributed by atoms with Crippen LogP contribution in [0.2, 0.25) is 0 Å². The third-order valence-electron chi connectivity index (χ3n) is 4.96. The Morgan fingerprint density at radius 1 is 0.889 bits per heavy atom. The second kappa shape index (κ2) is 4.36. The summed E-state index contributed by atoms with van der Waals surface area (Å²) in [5.74, 6) is 0. The highest BCUT2D eigenvalue weighted by molar-refractivity contribution is 5.34. The minimum atomic E-state index is -0.513. The van der Waals surface area contributed by atoms with Gasteiger partial charge in [0.1, 0.15) is 0 Å². The van der Waals surface area contributed by atoms with Gasteiger partial charge in [-0.25, -0.2) is 0 Å². The lowest BCUT2D eigenvalue weighted by Crippen LogP contribution is -2.37. The summed E-state index contributed by atoms with van der Waals surface area (Å²) in [6.45, 7) is 0.747. The van der Waals surface area contributed by atoms with Gasteiger partial charge in [-0.2, -0.15) is 0 Å². The van der Waals surface area contributed by atoms with Crippen molar-refractivity contribution in [3.05, 3.63) is 35.4 Å². The van der Waals surface area contributed by atoms with Crippen LogP contribution in [0.5, 0.6) is 0 Å². The summed E-state index contributed by atoms with van der Waals surface area (Å²) in [5, 5.41) is 10.1. The molecular weight excluding hydrogens is 222 g/mol. The van der Waals surface area contributed by atoms with E-state index in [1.165, 1.54) is 37.7 Å². The van der Waals surface area contributed by atoms with Crippen molar-refractivity contribution in [3.8, 4) is 0 Å². The summed E-state index contributed by atoms with van der Waals surface area (Å²) in [4.78, 5) is 0. The van der Waals surface area contributed by atoms with Crippen LogP contribution in [-0.2, 0) is 11.0 Å². The fraction of sp³-hybridized carbons (Fsp3) is 0.625. The van der Waals surface area contributed by atoms with E-state index in [0.29, 0.717) is 0 Å². The molecule has 0 atom stereocenters. The van der Waals surface area contributed by atoms with E-state index in [-0.39, 0.29) is 5.41 Å². The minimum absolute atomic E-state index is 0.197. The van der Waals surface area contributed by atoms with Crippen molar-refractivity contribution in [3.63, 3.8) is 0 Å². The second-order valence-corrected chi connectivity index (χ2v) is 6.15. The molecule has 1 aromatic carbocycles. The molecule has 2 aliphatic carbocycles. The predicted molar refractivity (Wildman–Crippen MR) is 73.4 cm³/mol. The first-order valence-corrected chi connectivity index (χ1v) is 7.22. The number of hydrogen-bond acceptors (Lipinski definition) is 2. The Bertz CT molecular complexity index is 413. The van der Waals surface area contributed by atoms with Crippen LogP contribution in [0, 0.1) is 0 Å². The van der Waals surface area contributed by atoms with Crippen LogP contribution < -0.4 is 5.73 Å². The lowest BCUT2D eigenvalue weighted by atomic mass is 9.69. The quantitative estimate of drug-likeness (QED) is 0.860. The summed E-state index contributed by atoms with van der Waals surface area (Å²) in [6.07, 6.45) is 8.19. The van der Waals surface area contributed by atoms with Crippen molar-refractivity contribution in [1.82, 2.24) is 0 Å². The number of rotatable bonds is 3. The summed E-state index contributed by atoms with van der Waals surface area (Å²) in [5.41, 5.74) is 8.19. The molecule has 0 aromatic heterocycles. The van der Waals surface area contributed by atoms with Gasteiger partial charge in [-0.05, 0) is 36.8 Å². The van der Waals surface area contributed by atoms with E-state index >= 15 is 0 Å². The number of nitrogens with two attached hydrogens (primary N) is 1. The second-order valence-electron chi connectivity index (χ2n) is 6.15. The molecule has 2 nitrogen and oxygen atoms in total. The van der Waals surface area contributed by atoms with Crippen molar-refractivity contribution < 1.29 is 5.11 Å². The fourth-order valence-electron chi connectivity index (χ4n) is 3.38. The standard InChI is InChI=1S/C16H23NO/c17-12-15(8-2-1-3-9-15)13-4-6-14(7-5-13)16(18)10-11-16/h4-7,18H,1-3,8-12,17H2. The average molecular weight is 245 g/mol. The number of aliphatic hydroxyl groups is 1. The van der Waals surface area contributed by atoms with E-state index in [9.17, 15) is 5.11 Å². The summed E-state index contributed by atoms with van der Waals surface area (Å²) < 4.78 is 0. The van der Waals surface area contributed by atoms with E-state index in [4.69, 9.17) is 5.73 Å². The van der Waals surface area contributed by atoms with Crippen LogP contribution in [0.15, 0.2) is 24.3 Å². The maximum Gasteiger partial charge on any atom is 0.0899 e. The molecule has 18 heavy (non-hydrogen) atoms. The summed E-state index contributed by atoms with van der Waals surface area (Å²) >= 11 is 0. The third kappa shape index (κ3) is 1.98.